The van der Waals surface area contributed by atoms with Crippen LogP contribution >= 0.6 is 0 Å². The maximum Gasteiger partial charge on any atom is 0.501 e. The third kappa shape index (κ3) is 11.0. The van der Waals surface area contributed by atoms with Crippen LogP contribution in [0.5, 0.6) is 0 Å². The van der Waals surface area contributed by atoms with Gasteiger partial charge in [0.15, 0.2) is 0 Å². The molecule has 0 amide bonds. The first-order valence-corrected chi connectivity index (χ1v) is 10.9. The highest BCUT2D eigenvalue weighted by molar-refractivity contribution is 6.60. The molecule has 0 radical (unpaired) electrons. The first-order valence-electron chi connectivity index (χ1n) is 8.94. The first-order chi connectivity index (χ1) is 11.1. The van der Waals surface area contributed by atoms with Crippen molar-refractivity contribution in [2.45, 2.75) is 92.1 Å². The number of unbranched alkanes of at least 4 members (excludes halogenated alkanes) is 2. The van der Waals surface area contributed by atoms with Gasteiger partial charge in [-0.25, -0.2) is 4.79 Å². The smallest absolute Gasteiger partial charge is 0.462 e. The van der Waals surface area contributed by atoms with Crippen molar-refractivity contribution in [1.82, 2.24) is 0 Å². The summed E-state index contributed by atoms with van der Waals surface area (Å²) >= 11 is 0. The van der Waals surface area contributed by atoms with Gasteiger partial charge in [0.25, 0.3) is 0 Å². The van der Waals surface area contributed by atoms with Crippen LogP contribution in [0.4, 0.5) is 0 Å². The second kappa shape index (κ2) is 11.8. The van der Waals surface area contributed by atoms with Crippen LogP contribution in [0.2, 0.25) is 6.04 Å². The Bertz CT molecular complexity index is 353. The van der Waals surface area contributed by atoms with Crippen molar-refractivity contribution in [1.29, 1.82) is 0 Å². The standard InChI is InChI=1S/C18H36O5Si/c1-14(2)18(19)20-12-10-9-11-13-24(21-15(3)4,22-16(5)6)23-17(7)8/h15-17H,1,9-13H2,2-8H3. The molecule has 0 aromatic rings. The highest BCUT2D eigenvalue weighted by Gasteiger charge is 2.43. The van der Waals surface area contributed by atoms with Gasteiger partial charge >= 0.3 is 14.8 Å². The molecular formula is C18H36O5Si. The molecule has 0 N–H and O–H groups in total. The highest BCUT2D eigenvalue weighted by Crippen LogP contribution is 2.24. The van der Waals surface area contributed by atoms with Gasteiger partial charge in [0, 0.05) is 29.9 Å². The Kier molecular flexibility index (Phi) is 11.5. The molecular weight excluding hydrogens is 324 g/mol. The van der Waals surface area contributed by atoms with Crippen LogP contribution in [0.3, 0.4) is 0 Å². The van der Waals surface area contributed by atoms with Gasteiger partial charge in [-0.1, -0.05) is 13.0 Å². The van der Waals surface area contributed by atoms with Gasteiger partial charge < -0.3 is 18.0 Å². The van der Waals surface area contributed by atoms with E-state index in [1.807, 2.05) is 41.5 Å². The van der Waals surface area contributed by atoms with Crippen LogP contribution in [-0.4, -0.2) is 39.7 Å². The average Bonchev–Trinajstić information content (AvgIpc) is 2.39. The van der Waals surface area contributed by atoms with Crippen molar-refractivity contribution in [2.24, 2.45) is 0 Å². The van der Waals surface area contributed by atoms with E-state index in [4.69, 9.17) is 18.0 Å². The number of hydrogen-bond acceptors (Lipinski definition) is 5. The van der Waals surface area contributed by atoms with Crippen molar-refractivity contribution in [3.8, 4) is 0 Å². The molecule has 0 aliphatic carbocycles. The maximum atomic E-state index is 11.3. The predicted molar refractivity (Wildman–Crippen MR) is 98.8 cm³/mol. The minimum atomic E-state index is -2.71. The average molecular weight is 361 g/mol. The molecule has 0 rings (SSSR count). The molecule has 0 bridgehead atoms. The fourth-order valence-electron chi connectivity index (χ4n) is 2.25. The largest absolute Gasteiger partial charge is 0.501 e. The quantitative estimate of drug-likeness (QED) is 0.210. The summed E-state index contributed by atoms with van der Waals surface area (Å²) in [5.74, 6) is -0.326. The summed E-state index contributed by atoms with van der Waals surface area (Å²) in [6.45, 7) is 17.7. The van der Waals surface area contributed by atoms with E-state index >= 15 is 0 Å². The fraction of sp³-hybridized carbons (Fsp3) is 0.833. The van der Waals surface area contributed by atoms with E-state index in [9.17, 15) is 4.79 Å². The van der Waals surface area contributed by atoms with Gasteiger partial charge in [0.1, 0.15) is 0 Å². The molecule has 0 aliphatic rings. The highest BCUT2D eigenvalue weighted by atomic mass is 28.4. The van der Waals surface area contributed by atoms with Gasteiger partial charge in [0.2, 0.25) is 0 Å². The van der Waals surface area contributed by atoms with E-state index in [1.165, 1.54) is 0 Å². The second-order valence-electron chi connectivity index (χ2n) is 6.91. The maximum absolute atomic E-state index is 11.3. The van der Waals surface area contributed by atoms with Gasteiger partial charge in [-0.2, -0.15) is 0 Å². The minimum absolute atomic E-state index is 0.0608. The predicted octanol–water partition coefficient (Wildman–Crippen LogP) is 4.49. The molecule has 0 heterocycles. The van der Waals surface area contributed by atoms with Crippen LogP contribution in [-0.2, 0) is 22.8 Å². The summed E-state index contributed by atoms with van der Waals surface area (Å²) in [5, 5.41) is 0. The Morgan fingerprint density at radius 1 is 0.875 bits per heavy atom. The van der Waals surface area contributed by atoms with Crippen LogP contribution in [0.15, 0.2) is 12.2 Å². The Morgan fingerprint density at radius 3 is 1.71 bits per heavy atom. The lowest BCUT2D eigenvalue weighted by molar-refractivity contribution is -0.139. The molecule has 142 valence electrons. The van der Waals surface area contributed by atoms with E-state index in [0.717, 1.165) is 25.3 Å². The zero-order chi connectivity index (χ0) is 18.8. The molecule has 0 spiro atoms. The van der Waals surface area contributed by atoms with Crippen molar-refractivity contribution in [2.75, 3.05) is 6.61 Å². The summed E-state index contributed by atoms with van der Waals surface area (Å²) in [5.41, 5.74) is 0.433. The number of carbonyl (C=O) groups is 1. The number of carbonyl (C=O) groups excluding carboxylic acids is 1. The molecule has 24 heavy (non-hydrogen) atoms. The molecule has 0 unspecified atom stereocenters. The molecule has 0 saturated heterocycles. The van der Waals surface area contributed by atoms with E-state index in [-0.39, 0.29) is 24.3 Å². The summed E-state index contributed by atoms with van der Waals surface area (Å²) in [6, 6.07) is 0.774. The molecule has 0 fully saturated rings. The summed E-state index contributed by atoms with van der Waals surface area (Å²) in [6.07, 6.45) is 2.85. The van der Waals surface area contributed by atoms with Crippen LogP contribution in [0, 0.1) is 0 Å². The Labute approximate surface area is 149 Å². The molecule has 0 saturated carbocycles. The molecule has 0 aromatic heterocycles. The van der Waals surface area contributed by atoms with E-state index in [0.29, 0.717) is 12.2 Å². The van der Waals surface area contributed by atoms with Gasteiger partial charge in [-0.05, 0) is 61.3 Å². The van der Waals surface area contributed by atoms with Crippen LogP contribution < -0.4 is 0 Å². The van der Waals surface area contributed by atoms with E-state index in [2.05, 4.69) is 6.58 Å². The summed E-state index contributed by atoms with van der Waals surface area (Å²) < 4.78 is 23.5. The zero-order valence-corrected chi connectivity index (χ0v) is 17.5. The third-order valence-corrected chi connectivity index (χ3v) is 6.41. The number of hydrogen-bond donors (Lipinski definition) is 0. The van der Waals surface area contributed by atoms with Gasteiger partial charge in [-0.3, -0.25) is 0 Å². The van der Waals surface area contributed by atoms with Crippen molar-refractivity contribution < 1.29 is 22.8 Å². The van der Waals surface area contributed by atoms with Gasteiger partial charge in [-0.15, -0.1) is 0 Å². The summed E-state index contributed by atoms with van der Waals surface area (Å²) in [7, 11) is -2.71. The monoisotopic (exact) mass is 360 g/mol. The van der Waals surface area contributed by atoms with E-state index < -0.39 is 8.80 Å². The molecule has 5 nitrogen and oxygen atoms in total. The van der Waals surface area contributed by atoms with Crippen molar-refractivity contribution in [3.63, 3.8) is 0 Å². The lowest BCUT2D eigenvalue weighted by Crippen LogP contribution is -2.50. The number of esters is 1. The molecule has 0 aliphatic heterocycles. The van der Waals surface area contributed by atoms with Crippen molar-refractivity contribution >= 4 is 14.8 Å². The Morgan fingerprint density at radius 2 is 1.33 bits per heavy atom. The zero-order valence-electron chi connectivity index (χ0n) is 16.5. The minimum Gasteiger partial charge on any atom is -0.462 e. The lowest BCUT2D eigenvalue weighted by Gasteiger charge is -2.34. The Balaban J connectivity index is 4.47. The fourth-order valence-corrected chi connectivity index (χ4v) is 5.60. The lowest BCUT2D eigenvalue weighted by atomic mass is 10.3. The second-order valence-corrected chi connectivity index (χ2v) is 9.48. The van der Waals surface area contributed by atoms with E-state index in [1.54, 1.807) is 6.92 Å². The van der Waals surface area contributed by atoms with Gasteiger partial charge in [0.05, 0.1) is 6.61 Å². The van der Waals surface area contributed by atoms with Crippen molar-refractivity contribution in [3.05, 3.63) is 12.2 Å². The first kappa shape index (κ1) is 23.3. The SMILES string of the molecule is C=C(C)C(=O)OCCCCC[Si](OC(C)C)(OC(C)C)OC(C)C. The molecule has 0 aromatic carbocycles. The summed E-state index contributed by atoms with van der Waals surface area (Å²) in [4.78, 5) is 11.3. The third-order valence-electron chi connectivity index (χ3n) is 2.95. The molecule has 0 atom stereocenters. The number of rotatable bonds is 13. The topological polar surface area (TPSA) is 54.0 Å². The normalized spacial score (nSPS) is 12.2. The van der Waals surface area contributed by atoms with Crippen LogP contribution in [0.25, 0.3) is 0 Å². The van der Waals surface area contributed by atoms with Crippen LogP contribution in [0.1, 0.15) is 67.7 Å². The number of ether oxygens (including phenoxy) is 1. The molecule has 6 heteroatoms. The Hall–Kier alpha value is -0.693.